The van der Waals surface area contributed by atoms with Gasteiger partial charge in [0.05, 0.1) is 5.69 Å². The van der Waals surface area contributed by atoms with Crippen LogP contribution in [0.15, 0.2) is 51.8 Å². The van der Waals surface area contributed by atoms with E-state index in [2.05, 4.69) is 14.5 Å². The first-order valence-electron chi connectivity index (χ1n) is 10.4. The van der Waals surface area contributed by atoms with Gasteiger partial charge in [-0.25, -0.2) is 0 Å². The van der Waals surface area contributed by atoms with Crippen LogP contribution in [0.4, 0.5) is 14.5 Å². The average molecular weight is 464 g/mol. The van der Waals surface area contributed by atoms with E-state index in [1.165, 1.54) is 18.2 Å². The van der Waals surface area contributed by atoms with Gasteiger partial charge in [-0.3, -0.25) is 4.79 Å². The van der Waals surface area contributed by atoms with Crippen LogP contribution in [0.1, 0.15) is 41.6 Å². The number of amidine groups is 1. The molecular formula is C22H23F2N3O4S. The largest absolute Gasteiger partial charge is 0.435 e. The lowest BCUT2D eigenvalue weighted by atomic mass is 10.1. The number of hydrogen-bond acceptors (Lipinski definition) is 5. The lowest BCUT2D eigenvalue weighted by Crippen LogP contribution is -2.35. The van der Waals surface area contributed by atoms with Crippen molar-refractivity contribution in [1.82, 2.24) is 5.32 Å². The van der Waals surface area contributed by atoms with Gasteiger partial charge < -0.3 is 15.0 Å². The molecule has 1 amide bonds. The van der Waals surface area contributed by atoms with Gasteiger partial charge in [-0.05, 0) is 55.2 Å². The van der Waals surface area contributed by atoms with E-state index in [-0.39, 0.29) is 16.2 Å². The third-order valence-corrected chi connectivity index (χ3v) is 6.79. The Morgan fingerprint density at radius 3 is 2.66 bits per heavy atom. The molecule has 0 aliphatic carbocycles. The number of rotatable bonds is 6. The molecule has 2 heterocycles. The van der Waals surface area contributed by atoms with Crippen molar-refractivity contribution in [2.24, 2.45) is 4.40 Å². The molecule has 1 saturated heterocycles. The van der Waals surface area contributed by atoms with E-state index in [9.17, 15) is 22.0 Å². The summed E-state index contributed by atoms with van der Waals surface area (Å²) in [6.07, 6.45) is 3.98. The van der Waals surface area contributed by atoms with Crippen LogP contribution in [-0.4, -0.2) is 39.9 Å². The third-order valence-electron chi connectivity index (χ3n) is 5.46. The summed E-state index contributed by atoms with van der Waals surface area (Å²) in [5.41, 5.74) is 1.64. The highest BCUT2D eigenvalue weighted by Gasteiger charge is 2.32. The number of carbonyl (C=O) groups excluding carboxylic acids is 1. The second-order valence-electron chi connectivity index (χ2n) is 7.66. The van der Waals surface area contributed by atoms with E-state index in [0.29, 0.717) is 37.5 Å². The summed E-state index contributed by atoms with van der Waals surface area (Å²) < 4.78 is 58.1. The second kappa shape index (κ2) is 9.23. The van der Waals surface area contributed by atoms with Crippen molar-refractivity contribution in [3.63, 3.8) is 0 Å². The minimum Gasteiger partial charge on any atom is -0.435 e. The minimum absolute atomic E-state index is 0.0467. The van der Waals surface area contributed by atoms with Crippen molar-refractivity contribution in [3.8, 4) is 5.75 Å². The molecule has 32 heavy (non-hydrogen) atoms. The summed E-state index contributed by atoms with van der Waals surface area (Å²) in [7, 11) is -3.86. The summed E-state index contributed by atoms with van der Waals surface area (Å²) in [4.78, 5) is 14.6. The number of nitrogens with zero attached hydrogens (tertiary/aromatic N) is 2. The molecule has 2 aliphatic rings. The van der Waals surface area contributed by atoms with Gasteiger partial charge in [0, 0.05) is 25.1 Å². The van der Waals surface area contributed by atoms with E-state index >= 15 is 0 Å². The van der Waals surface area contributed by atoms with E-state index < -0.39 is 22.5 Å². The minimum atomic E-state index is -3.86. The Hall–Kier alpha value is -3.01. The van der Waals surface area contributed by atoms with Crippen molar-refractivity contribution in [1.29, 1.82) is 0 Å². The van der Waals surface area contributed by atoms with E-state index in [0.717, 1.165) is 24.8 Å². The van der Waals surface area contributed by atoms with Gasteiger partial charge in [0.25, 0.3) is 15.9 Å². The second-order valence-corrected chi connectivity index (χ2v) is 9.23. The number of hydrogen-bond donors (Lipinski definition) is 1. The van der Waals surface area contributed by atoms with Gasteiger partial charge in [-0.1, -0.05) is 18.6 Å². The molecule has 170 valence electrons. The molecule has 1 N–H and O–H groups in total. The molecule has 2 aromatic carbocycles. The van der Waals surface area contributed by atoms with Gasteiger partial charge in [0.1, 0.15) is 16.5 Å². The molecule has 2 aliphatic heterocycles. The number of alkyl halides is 2. The number of benzene rings is 2. The zero-order valence-electron chi connectivity index (χ0n) is 17.3. The lowest BCUT2D eigenvalue weighted by Gasteiger charge is -2.29. The first-order valence-corrected chi connectivity index (χ1v) is 11.8. The molecule has 1 fully saturated rings. The van der Waals surface area contributed by atoms with Crippen molar-refractivity contribution in [2.75, 3.05) is 18.0 Å². The summed E-state index contributed by atoms with van der Waals surface area (Å²) >= 11 is 0. The first-order chi connectivity index (χ1) is 15.3. The van der Waals surface area contributed by atoms with Gasteiger partial charge in [0.2, 0.25) is 0 Å². The molecule has 0 saturated carbocycles. The molecule has 7 nitrogen and oxygen atoms in total. The van der Waals surface area contributed by atoms with Crippen LogP contribution in [0.3, 0.4) is 0 Å². The van der Waals surface area contributed by atoms with Gasteiger partial charge in [-0.2, -0.15) is 17.2 Å². The smallest absolute Gasteiger partial charge is 0.387 e. The van der Waals surface area contributed by atoms with Crippen molar-refractivity contribution < 1.29 is 26.7 Å². The number of anilines is 1. The zero-order chi connectivity index (χ0) is 22.7. The highest BCUT2D eigenvalue weighted by molar-refractivity contribution is 7.90. The Labute approximate surface area is 185 Å². The van der Waals surface area contributed by atoms with Crippen LogP contribution >= 0.6 is 0 Å². The lowest BCUT2D eigenvalue weighted by molar-refractivity contribution is -0.0498. The van der Waals surface area contributed by atoms with Gasteiger partial charge in [-0.15, -0.1) is 4.40 Å². The van der Waals surface area contributed by atoms with Crippen LogP contribution in [-0.2, 0) is 16.4 Å². The molecule has 0 aromatic heterocycles. The maximum Gasteiger partial charge on any atom is 0.387 e. The molecule has 4 rings (SSSR count). The molecule has 0 bridgehead atoms. The summed E-state index contributed by atoms with van der Waals surface area (Å²) in [6.45, 7) is -1.88. The van der Waals surface area contributed by atoms with Gasteiger partial charge in [0.15, 0.2) is 0 Å². The quantitative estimate of drug-likeness (QED) is 0.705. The maximum atomic E-state index is 12.7. The van der Waals surface area contributed by atoms with Crippen molar-refractivity contribution in [2.45, 2.75) is 43.6 Å². The fourth-order valence-electron chi connectivity index (χ4n) is 3.88. The topological polar surface area (TPSA) is 88.1 Å². The monoisotopic (exact) mass is 463 g/mol. The van der Waals surface area contributed by atoms with Crippen LogP contribution in [0, 0.1) is 0 Å². The number of amides is 1. The van der Waals surface area contributed by atoms with Crippen LogP contribution in [0.2, 0.25) is 0 Å². The summed E-state index contributed by atoms with van der Waals surface area (Å²) in [5, 5.41) is 2.76. The number of sulfonamides is 1. The molecule has 0 unspecified atom stereocenters. The predicted octanol–water partition coefficient (Wildman–Crippen LogP) is 3.74. The van der Waals surface area contributed by atoms with E-state index in [1.54, 1.807) is 24.3 Å². The standard InChI is InChI=1S/C22H23F2N3O4S/c23-22(24)31-17-8-5-15(6-9-17)11-12-25-21(28)16-7-10-18-19(14-16)32(29,30)26-20-4-2-1-3-13-27(18)20/h5-10,14,22H,1-4,11-13H2,(H,25,28). The molecule has 10 heteroatoms. The number of ether oxygens (including phenoxy) is 1. The van der Waals surface area contributed by atoms with Crippen molar-refractivity contribution in [3.05, 3.63) is 53.6 Å². The Bertz CT molecular complexity index is 1130. The SMILES string of the molecule is O=C(NCCc1ccc(OC(F)F)cc1)c1ccc2c(c1)S(=O)(=O)N=C1CCCCCN12. The number of fused-ring (bicyclic) bond motifs is 3. The van der Waals surface area contributed by atoms with Crippen molar-refractivity contribution >= 4 is 27.5 Å². The molecule has 0 radical (unpaired) electrons. The zero-order valence-corrected chi connectivity index (χ0v) is 18.1. The molecule has 0 atom stereocenters. The van der Waals surface area contributed by atoms with Crippen LogP contribution in [0.5, 0.6) is 5.75 Å². The summed E-state index contributed by atoms with van der Waals surface area (Å²) in [5.74, 6) is 0.238. The molecule has 0 spiro atoms. The maximum absolute atomic E-state index is 12.7. The Morgan fingerprint density at radius 1 is 1.12 bits per heavy atom. The number of halogens is 2. The number of carbonyl (C=O) groups is 1. The molecule has 2 aromatic rings. The Kier molecular flexibility index (Phi) is 6.40. The third kappa shape index (κ3) is 4.90. The van der Waals surface area contributed by atoms with E-state index in [1.807, 2.05) is 4.90 Å². The fourth-order valence-corrected chi connectivity index (χ4v) is 5.17. The Balaban J connectivity index is 1.42. The Morgan fingerprint density at radius 2 is 1.91 bits per heavy atom. The van der Waals surface area contributed by atoms with Crippen LogP contribution < -0.4 is 15.0 Å². The van der Waals surface area contributed by atoms with Crippen LogP contribution in [0.25, 0.3) is 0 Å². The average Bonchev–Trinajstić information content (AvgIpc) is 2.99. The van der Waals surface area contributed by atoms with E-state index in [4.69, 9.17) is 0 Å². The normalized spacial score (nSPS) is 17.1. The highest BCUT2D eigenvalue weighted by Crippen LogP contribution is 2.35. The fraction of sp³-hybridized carbons (Fsp3) is 0.364. The van der Waals surface area contributed by atoms with Gasteiger partial charge >= 0.3 is 6.61 Å². The molecular weight excluding hydrogens is 440 g/mol. The number of nitrogens with one attached hydrogen (secondary N) is 1. The summed E-state index contributed by atoms with van der Waals surface area (Å²) in [6, 6.07) is 10.8. The first kappa shape index (κ1) is 22.2. The predicted molar refractivity (Wildman–Crippen MR) is 116 cm³/mol. The highest BCUT2D eigenvalue weighted by atomic mass is 32.2.